The first-order chi connectivity index (χ1) is 22.3. The summed E-state index contributed by atoms with van der Waals surface area (Å²) in [6, 6.07) is 21.2. The molecule has 234 valence electrons. The summed E-state index contributed by atoms with van der Waals surface area (Å²) in [5.74, 6) is -0.965. The Morgan fingerprint density at radius 2 is 1.85 bits per heavy atom. The molecule has 0 saturated carbocycles. The van der Waals surface area contributed by atoms with Gasteiger partial charge in [-0.05, 0) is 95.2 Å². The zero-order valence-electron chi connectivity index (χ0n) is 26.0. The number of hydrogen-bond donors (Lipinski definition) is 2. The average molecular weight is 633 g/mol. The number of hydrogen-bond acceptors (Lipinski definition) is 7. The molecule has 0 radical (unpaired) electrons. The van der Waals surface area contributed by atoms with E-state index in [2.05, 4.69) is 24.9 Å². The van der Waals surface area contributed by atoms with E-state index in [1.807, 2.05) is 66.0 Å². The molecule has 2 amide bonds. The zero-order chi connectivity index (χ0) is 31.9. The number of likely N-dealkylation sites (tertiary alicyclic amines) is 1. The molecule has 0 spiro atoms. The van der Waals surface area contributed by atoms with Gasteiger partial charge in [-0.3, -0.25) is 19.5 Å². The van der Waals surface area contributed by atoms with Crippen molar-refractivity contribution < 1.29 is 24.4 Å². The number of nitrogens with zero attached hydrogens (tertiary/aromatic N) is 2. The van der Waals surface area contributed by atoms with Crippen LogP contribution >= 0.6 is 11.3 Å². The highest BCUT2D eigenvalue weighted by Crippen LogP contribution is 2.52. The third-order valence-electron chi connectivity index (χ3n) is 9.86. The number of fused-ring (bicyclic) bond motifs is 4. The van der Waals surface area contributed by atoms with E-state index >= 15 is 0 Å². The molecular formula is C37H37BN2O5S. The van der Waals surface area contributed by atoms with E-state index in [9.17, 15) is 19.7 Å². The first kappa shape index (κ1) is 30.6. The fraction of sp³-hybridized carbons (Fsp3) is 0.324. The topological polar surface area (TPSA) is 100.0 Å². The molecule has 2 aliphatic heterocycles. The number of aromatic hydroxyl groups is 1. The predicted molar refractivity (Wildman–Crippen MR) is 181 cm³/mol. The van der Waals surface area contributed by atoms with Crippen LogP contribution in [0.2, 0.25) is 6.32 Å². The second-order valence-corrected chi connectivity index (χ2v) is 13.9. The quantitative estimate of drug-likeness (QED) is 0.124. The zero-order valence-corrected chi connectivity index (χ0v) is 26.8. The summed E-state index contributed by atoms with van der Waals surface area (Å²) in [4.78, 5) is 34.7. The number of allylic oxidation sites excluding steroid dienone is 2. The molecule has 7 nitrogen and oxygen atoms in total. The number of carbonyl (C=O) groups is 2. The summed E-state index contributed by atoms with van der Waals surface area (Å²) in [5, 5.41) is 25.2. The second kappa shape index (κ2) is 12.6. The number of carbonyl (C=O) groups excluding carboxylic acids is 2. The Hall–Kier alpha value is -4.05. The van der Waals surface area contributed by atoms with Crippen molar-refractivity contribution in [2.75, 3.05) is 0 Å². The van der Waals surface area contributed by atoms with Gasteiger partial charge in [0, 0.05) is 16.5 Å². The van der Waals surface area contributed by atoms with E-state index in [0.717, 1.165) is 38.1 Å². The van der Waals surface area contributed by atoms with Crippen molar-refractivity contribution in [3.05, 3.63) is 106 Å². The van der Waals surface area contributed by atoms with Crippen molar-refractivity contribution in [3.8, 4) is 5.75 Å². The predicted octanol–water partition coefficient (Wildman–Crippen LogP) is 6.98. The molecule has 3 aliphatic rings. The molecule has 4 atom stereocenters. The maximum absolute atomic E-state index is 13.9. The number of rotatable bonds is 8. The van der Waals surface area contributed by atoms with Crippen LogP contribution in [0.5, 0.6) is 5.75 Å². The SMILES string of the molecule is CC(C)C1=C2[C@@H](CC/C(=C/c3ccc(O)c4ccccc34)c3ccccn3)OB(O)C[C@@H]2[C@@H]2C(=O)N(Cc3cccs3)C(=O)[C@@H]2C1. The Kier molecular flexibility index (Phi) is 8.40. The van der Waals surface area contributed by atoms with Crippen LogP contribution in [-0.2, 0) is 20.8 Å². The Morgan fingerprint density at radius 1 is 1.04 bits per heavy atom. The third-order valence-corrected chi connectivity index (χ3v) is 10.7. The lowest BCUT2D eigenvalue weighted by atomic mass is 9.57. The Bertz CT molecular complexity index is 1840. The Balaban J connectivity index is 1.23. The van der Waals surface area contributed by atoms with Crippen molar-refractivity contribution in [1.82, 2.24) is 9.88 Å². The van der Waals surface area contributed by atoms with Crippen LogP contribution < -0.4 is 0 Å². The van der Waals surface area contributed by atoms with Gasteiger partial charge in [0.25, 0.3) is 0 Å². The number of phenols is 1. The van der Waals surface area contributed by atoms with E-state index in [0.29, 0.717) is 32.1 Å². The van der Waals surface area contributed by atoms with Gasteiger partial charge in [0.05, 0.1) is 30.2 Å². The number of thiophene rings is 1. The van der Waals surface area contributed by atoms with Crippen molar-refractivity contribution in [2.24, 2.45) is 23.7 Å². The Labute approximate surface area is 273 Å². The van der Waals surface area contributed by atoms with Gasteiger partial charge >= 0.3 is 7.12 Å². The summed E-state index contributed by atoms with van der Waals surface area (Å²) in [7, 11) is -1.02. The second-order valence-electron chi connectivity index (χ2n) is 12.9. The lowest BCUT2D eigenvalue weighted by molar-refractivity contribution is -0.140. The number of benzene rings is 2. The molecule has 2 aromatic carbocycles. The van der Waals surface area contributed by atoms with Crippen molar-refractivity contribution in [3.63, 3.8) is 0 Å². The minimum Gasteiger partial charge on any atom is -0.507 e. The Morgan fingerprint density at radius 3 is 2.59 bits per heavy atom. The average Bonchev–Trinajstić information content (AvgIpc) is 3.66. The van der Waals surface area contributed by atoms with Crippen LogP contribution in [0, 0.1) is 23.7 Å². The van der Waals surface area contributed by atoms with E-state index in [4.69, 9.17) is 4.65 Å². The highest BCUT2D eigenvalue weighted by molar-refractivity contribution is 7.09. The van der Waals surface area contributed by atoms with Crippen LogP contribution in [0.1, 0.15) is 49.2 Å². The minimum absolute atomic E-state index is 0.0976. The van der Waals surface area contributed by atoms with Crippen molar-refractivity contribution >= 4 is 52.7 Å². The van der Waals surface area contributed by atoms with E-state index in [-0.39, 0.29) is 29.4 Å². The normalized spacial score (nSPS) is 23.4. The minimum atomic E-state index is -1.02. The van der Waals surface area contributed by atoms with Gasteiger partial charge in [-0.2, -0.15) is 0 Å². The number of amides is 2. The summed E-state index contributed by atoms with van der Waals surface area (Å²) in [5.41, 5.74) is 5.09. The summed E-state index contributed by atoms with van der Waals surface area (Å²) < 4.78 is 6.29. The lowest BCUT2D eigenvalue weighted by Gasteiger charge is -2.44. The maximum atomic E-state index is 13.9. The number of phenolic OH excluding ortho intramolecular Hbond substituents is 1. The first-order valence-corrected chi connectivity index (χ1v) is 16.9. The first-order valence-electron chi connectivity index (χ1n) is 16.1. The van der Waals surface area contributed by atoms with Crippen LogP contribution in [0.3, 0.4) is 0 Å². The van der Waals surface area contributed by atoms with Gasteiger partial charge < -0.3 is 14.8 Å². The fourth-order valence-electron chi connectivity index (χ4n) is 7.76. The van der Waals surface area contributed by atoms with Crippen LogP contribution in [0.15, 0.2) is 89.5 Å². The molecule has 2 saturated heterocycles. The molecule has 2 fully saturated rings. The molecule has 2 N–H and O–H groups in total. The molecule has 46 heavy (non-hydrogen) atoms. The smallest absolute Gasteiger partial charge is 0.455 e. The molecular weight excluding hydrogens is 595 g/mol. The standard InChI is InChI=1S/C37H37BN2O5S/c1-22(2)28-19-29-35(37(43)40(36(29)42)21-25-8-7-17-46-25)30-20-38(44)45-33(34(28)30)15-13-24(31-11-5-6-16-39-31)18-23-12-14-32(41)27-10-4-3-9-26(23)27/h3-12,14,16-18,22,29-30,33,35,41,44H,13,15,19-21H2,1-2H3/b24-18-/t29-,30+,33-,35-/m1/s1. The van der Waals surface area contributed by atoms with Gasteiger partial charge in [0.1, 0.15) is 5.75 Å². The number of pyridine rings is 1. The fourth-order valence-corrected chi connectivity index (χ4v) is 8.46. The van der Waals surface area contributed by atoms with E-state index in [1.54, 1.807) is 23.6 Å². The summed E-state index contributed by atoms with van der Waals surface area (Å²) in [6.45, 7) is 4.58. The largest absolute Gasteiger partial charge is 0.507 e. The van der Waals surface area contributed by atoms with Gasteiger partial charge in [0.15, 0.2) is 0 Å². The van der Waals surface area contributed by atoms with Gasteiger partial charge in [-0.15, -0.1) is 11.3 Å². The lowest BCUT2D eigenvalue weighted by Crippen LogP contribution is -2.46. The highest BCUT2D eigenvalue weighted by Gasteiger charge is 2.57. The molecule has 7 rings (SSSR count). The molecule has 9 heteroatoms. The van der Waals surface area contributed by atoms with Gasteiger partial charge in [0.2, 0.25) is 11.8 Å². The van der Waals surface area contributed by atoms with E-state index in [1.165, 1.54) is 10.5 Å². The van der Waals surface area contributed by atoms with Gasteiger partial charge in [-0.25, -0.2) is 0 Å². The summed E-state index contributed by atoms with van der Waals surface area (Å²) >= 11 is 1.55. The maximum Gasteiger partial charge on any atom is 0.455 e. The number of imide groups is 1. The van der Waals surface area contributed by atoms with Crippen molar-refractivity contribution in [2.45, 2.75) is 52.1 Å². The molecule has 4 aromatic rings. The highest BCUT2D eigenvalue weighted by atomic mass is 32.1. The molecule has 1 aliphatic carbocycles. The molecule has 0 bridgehead atoms. The molecule has 2 aromatic heterocycles. The number of aromatic nitrogens is 1. The van der Waals surface area contributed by atoms with Crippen LogP contribution in [0.4, 0.5) is 0 Å². The van der Waals surface area contributed by atoms with Gasteiger partial charge in [-0.1, -0.05) is 61.9 Å². The van der Waals surface area contributed by atoms with Crippen LogP contribution in [-0.4, -0.2) is 45.1 Å². The van der Waals surface area contributed by atoms with Crippen LogP contribution in [0.25, 0.3) is 22.4 Å². The van der Waals surface area contributed by atoms with E-state index < -0.39 is 25.1 Å². The third kappa shape index (κ3) is 5.61. The molecule has 4 heterocycles. The molecule has 0 unspecified atom stereocenters. The summed E-state index contributed by atoms with van der Waals surface area (Å²) in [6.07, 6.45) is 5.53. The monoisotopic (exact) mass is 632 g/mol. The van der Waals surface area contributed by atoms with Crippen molar-refractivity contribution in [1.29, 1.82) is 0 Å².